The molecule has 1 aromatic rings. The van der Waals surface area contributed by atoms with Crippen molar-refractivity contribution < 1.29 is 14.3 Å². The molecule has 2 amide bonds. The predicted molar refractivity (Wildman–Crippen MR) is 73.3 cm³/mol. The van der Waals surface area contributed by atoms with Gasteiger partial charge in [0.2, 0.25) is 17.7 Å². The molecule has 0 unspecified atom stereocenters. The summed E-state index contributed by atoms with van der Waals surface area (Å²) in [5.74, 6) is 0.300. The summed E-state index contributed by atoms with van der Waals surface area (Å²) in [4.78, 5) is 28.5. The van der Waals surface area contributed by atoms with Crippen LogP contribution in [-0.4, -0.2) is 47.4 Å². The van der Waals surface area contributed by atoms with E-state index in [1.54, 1.807) is 11.1 Å². The summed E-state index contributed by atoms with van der Waals surface area (Å²) in [5.41, 5.74) is 1.08. The van der Waals surface area contributed by atoms with Gasteiger partial charge in [0.05, 0.1) is 13.1 Å². The molecule has 0 radical (unpaired) electrons. The van der Waals surface area contributed by atoms with Crippen LogP contribution in [0, 0.1) is 6.92 Å². The van der Waals surface area contributed by atoms with Gasteiger partial charge in [-0.05, 0) is 12.5 Å². The Morgan fingerprint density at radius 3 is 2.95 bits per heavy atom. The number of amides is 2. The van der Waals surface area contributed by atoms with Crippen molar-refractivity contribution in [2.75, 3.05) is 19.6 Å². The average Bonchev–Trinajstić information content (AvgIpc) is 2.87. The van der Waals surface area contributed by atoms with Crippen molar-refractivity contribution in [3.63, 3.8) is 0 Å². The minimum absolute atomic E-state index is 0.0357. The molecule has 2 heterocycles. The van der Waals surface area contributed by atoms with Gasteiger partial charge in [-0.3, -0.25) is 9.59 Å². The van der Waals surface area contributed by atoms with Crippen molar-refractivity contribution in [3.05, 3.63) is 23.9 Å². The largest absolute Gasteiger partial charge is 0.472 e. The lowest BCUT2D eigenvalue weighted by molar-refractivity contribution is -0.131. The second kappa shape index (κ2) is 6.36. The number of pyridine rings is 1. The maximum atomic E-state index is 11.8. The number of aryl methyl sites for hydroxylation is 1. The van der Waals surface area contributed by atoms with E-state index in [0.717, 1.165) is 12.0 Å². The fourth-order valence-electron chi connectivity index (χ4n) is 2.06. The van der Waals surface area contributed by atoms with Crippen molar-refractivity contribution in [1.82, 2.24) is 15.2 Å². The van der Waals surface area contributed by atoms with Gasteiger partial charge in [-0.1, -0.05) is 6.07 Å². The average molecular weight is 277 g/mol. The van der Waals surface area contributed by atoms with Crippen LogP contribution in [0.1, 0.15) is 18.9 Å². The normalized spacial score (nSPS) is 17.9. The molecule has 0 spiro atoms. The van der Waals surface area contributed by atoms with Crippen LogP contribution < -0.4 is 10.1 Å². The van der Waals surface area contributed by atoms with Gasteiger partial charge >= 0.3 is 0 Å². The standard InChI is InChI=1S/C14H19N3O3/c1-10-3-4-13(16-7-10)20-12-5-6-17(9-12)14(19)8-15-11(2)18/h3-4,7,12H,5-6,8-9H2,1-2H3,(H,15,18)/t12-/m0/s1. The molecule has 1 aliphatic rings. The molecule has 6 nitrogen and oxygen atoms in total. The van der Waals surface area contributed by atoms with Crippen LogP contribution >= 0.6 is 0 Å². The maximum absolute atomic E-state index is 11.8. The lowest BCUT2D eigenvalue weighted by Gasteiger charge is -2.17. The lowest BCUT2D eigenvalue weighted by atomic mass is 10.3. The number of carbonyl (C=O) groups excluding carboxylic acids is 2. The summed E-state index contributed by atoms with van der Waals surface area (Å²) in [6.45, 7) is 4.59. The fraction of sp³-hybridized carbons (Fsp3) is 0.500. The minimum Gasteiger partial charge on any atom is -0.472 e. The van der Waals surface area contributed by atoms with E-state index in [4.69, 9.17) is 4.74 Å². The molecule has 2 rings (SSSR count). The van der Waals surface area contributed by atoms with Crippen LogP contribution in [0.4, 0.5) is 0 Å². The van der Waals surface area contributed by atoms with E-state index in [1.807, 2.05) is 19.1 Å². The third-order valence-electron chi connectivity index (χ3n) is 3.16. The Kier molecular flexibility index (Phi) is 4.55. The molecule has 1 atom stereocenters. The van der Waals surface area contributed by atoms with Gasteiger partial charge < -0.3 is 15.0 Å². The Labute approximate surface area is 118 Å². The third-order valence-corrected chi connectivity index (χ3v) is 3.16. The van der Waals surface area contributed by atoms with Crippen LogP contribution in [0.25, 0.3) is 0 Å². The van der Waals surface area contributed by atoms with Gasteiger partial charge in [-0.15, -0.1) is 0 Å². The number of nitrogens with zero attached hydrogens (tertiary/aromatic N) is 2. The molecule has 0 bridgehead atoms. The summed E-state index contributed by atoms with van der Waals surface area (Å²) in [6, 6.07) is 3.77. The molecule has 0 aliphatic carbocycles. The highest BCUT2D eigenvalue weighted by Gasteiger charge is 2.27. The van der Waals surface area contributed by atoms with Crippen molar-refractivity contribution >= 4 is 11.8 Å². The smallest absolute Gasteiger partial charge is 0.242 e. The number of carbonyl (C=O) groups is 2. The van der Waals surface area contributed by atoms with E-state index in [9.17, 15) is 9.59 Å². The highest BCUT2D eigenvalue weighted by atomic mass is 16.5. The zero-order valence-electron chi connectivity index (χ0n) is 11.8. The van der Waals surface area contributed by atoms with Gasteiger partial charge in [-0.25, -0.2) is 4.98 Å². The molecule has 0 saturated carbocycles. The van der Waals surface area contributed by atoms with E-state index in [-0.39, 0.29) is 24.5 Å². The first-order valence-corrected chi connectivity index (χ1v) is 6.66. The van der Waals surface area contributed by atoms with Crippen LogP contribution in [0.5, 0.6) is 5.88 Å². The molecular formula is C14H19N3O3. The molecule has 20 heavy (non-hydrogen) atoms. The van der Waals surface area contributed by atoms with Crippen LogP contribution in [0.15, 0.2) is 18.3 Å². The van der Waals surface area contributed by atoms with Gasteiger partial charge in [0.25, 0.3) is 0 Å². The summed E-state index contributed by atoms with van der Waals surface area (Å²) >= 11 is 0. The number of aromatic nitrogens is 1. The first-order valence-electron chi connectivity index (χ1n) is 6.66. The number of nitrogens with one attached hydrogen (secondary N) is 1. The quantitative estimate of drug-likeness (QED) is 0.870. The Morgan fingerprint density at radius 1 is 1.50 bits per heavy atom. The summed E-state index contributed by atoms with van der Waals surface area (Å²) in [7, 11) is 0. The Hall–Kier alpha value is -2.11. The molecule has 1 N–H and O–H groups in total. The highest BCUT2D eigenvalue weighted by molar-refractivity contribution is 5.83. The van der Waals surface area contributed by atoms with E-state index in [1.165, 1.54) is 6.92 Å². The predicted octanol–water partition coefficient (Wildman–Crippen LogP) is 0.506. The molecule has 1 saturated heterocycles. The molecule has 1 aliphatic heterocycles. The number of hydrogen-bond acceptors (Lipinski definition) is 4. The fourth-order valence-corrected chi connectivity index (χ4v) is 2.06. The summed E-state index contributed by atoms with van der Waals surface area (Å²) in [6.07, 6.45) is 2.50. The van der Waals surface area contributed by atoms with Gasteiger partial charge in [0.15, 0.2) is 0 Å². The van der Waals surface area contributed by atoms with E-state index < -0.39 is 0 Å². The first kappa shape index (κ1) is 14.3. The Morgan fingerprint density at radius 2 is 2.30 bits per heavy atom. The number of rotatable bonds is 4. The van der Waals surface area contributed by atoms with Gasteiger partial charge in [-0.2, -0.15) is 0 Å². The van der Waals surface area contributed by atoms with E-state index in [0.29, 0.717) is 19.0 Å². The van der Waals surface area contributed by atoms with Crippen LogP contribution in [0.2, 0.25) is 0 Å². The second-order valence-corrected chi connectivity index (χ2v) is 4.95. The highest BCUT2D eigenvalue weighted by Crippen LogP contribution is 2.16. The van der Waals surface area contributed by atoms with E-state index >= 15 is 0 Å². The Bertz CT molecular complexity index is 487. The molecule has 108 valence electrons. The molecule has 1 fully saturated rings. The summed E-state index contributed by atoms with van der Waals surface area (Å²) in [5, 5.41) is 2.51. The SMILES string of the molecule is CC(=O)NCC(=O)N1CC[C@H](Oc2ccc(C)cn2)C1. The van der Waals surface area contributed by atoms with Crippen molar-refractivity contribution in [1.29, 1.82) is 0 Å². The summed E-state index contributed by atoms with van der Waals surface area (Å²) < 4.78 is 5.74. The molecule has 1 aromatic heterocycles. The van der Waals surface area contributed by atoms with E-state index in [2.05, 4.69) is 10.3 Å². The zero-order chi connectivity index (χ0) is 14.5. The van der Waals surface area contributed by atoms with Gasteiger partial charge in [0.1, 0.15) is 6.10 Å². The van der Waals surface area contributed by atoms with Gasteiger partial charge in [0, 0.05) is 32.2 Å². The molecule has 6 heteroatoms. The topological polar surface area (TPSA) is 71.5 Å². The minimum atomic E-state index is -0.200. The second-order valence-electron chi connectivity index (χ2n) is 4.95. The van der Waals surface area contributed by atoms with Crippen molar-refractivity contribution in [2.24, 2.45) is 0 Å². The number of hydrogen-bond donors (Lipinski definition) is 1. The van der Waals surface area contributed by atoms with Crippen LogP contribution in [-0.2, 0) is 9.59 Å². The Balaban J connectivity index is 1.81. The van der Waals surface area contributed by atoms with Crippen molar-refractivity contribution in [2.45, 2.75) is 26.4 Å². The van der Waals surface area contributed by atoms with Crippen LogP contribution in [0.3, 0.4) is 0 Å². The zero-order valence-corrected chi connectivity index (χ0v) is 11.8. The maximum Gasteiger partial charge on any atom is 0.242 e. The number of ether oxygens (including phenoxy) is 1. The monoisotopic (exact) mass is 277 g/mol. The van der Waals surface area contributed by atoms with Crippen molar-refractivity contribution in [3.8, 4) is 5.88 Å². The first-order chi connectivity index (χ1) is 9.54. The number of likely N-dealkylation sites (tertiary alicyclic amines) is 1. The molecular weight excluding hydrogens is 258 g/mol. The molecule has 0 aromatic carbocycles. The lowest BCUT2D eigenvalue weighted by Crippen LogP contribution is -2.39. The third kappa shape index (κ3) is 3.94.